The highest BCUT2D eigenvalue weighted by molar-refractivity contribution is 5.86. The van der Waals surface area contributed by atoms with E-state index in [1.54, 1.807) is 6.92 Å². The van der Waals surface area contributed by atoms with Gasteiger partial charge in [0.15, 0.2) is 0 Å². The largest absolute Gasteiger partial charge is 0.460 e. The third-order valence-electron chi connectivity index (χ3n) is 2.63. The molecule has 1 amide bonds. The summed E-state index contributed by atoms with van der Waals surface area (Å²) in [4.78, 5) is 27.1. The summed E-state index contributed by atoms with van der Waals surface area (Å²) in [5.74, 6) is -0.480. The summed E-state index contributed by atoms with van der Waals surface area (Å²) >= 11 is 0. The summed E-state index contributed by atoms with van der Waals surface area (Å²) in [7, 11) is 0. The molecule has 0 saturated carbocycles. The first-order chi connectivity index (χ1) is 9.97. The molecule has 120 valence electrons. The zero-order valence-corrected chi connectivity index (χ0v) is 13.2. The Hall–Kier alpha value is -1.85. The van der Waals surface area contributed by atoms with E-state index in [0.29, 0.717) is 5.57 Å². The number of unbranched alkanes of at least 4 members (excludes halogenated alkanes) is 3. The maximum atomic E-state index is 11.3. The molecule has 0 spiro atoms. The highest BCUT2D eigenvalue weighted by atomic mass is 16.7. The minimum atomic E-state index is -0.658. The number of hydrogen-bond donors (Lipinski definition) is 1. The molecule has 0 atom stereocenters. The van der Waals surface area contributed by atoms with E-state index in [0.717, 1.165) is 25.0 Å². The molecule has 0 heterocycles. The van der Waals surface area contributed by atoms with Crippen LogP contribution in [0, 0.1) is 0 Å². The van der Waals surface area contributed by atoms with Crippen molar-refractivity contribution in [3.63, 3.8) is 0 Å². The molecule has 0 radical (unpaired) electrons. The molecule has 0 rings (SSSR count). The number of carbonyl (C=O) groups is 2. The Labute approximate surface area is 126 Å². The van der Waals surface area contributed by atoms with Crippen molar-refractivity contribution in [3.8, 4) is 0 Å². The van der Waals surface area contributed by atoms with Gasteiger partial charge in [0.1, 0.15) is 6.61 Å². The number of amides is 1. The zero-order chi connectivity index (χ0) is 16.1. The van der Waals surface area contributed by atoms with Crippen LogP contribution in [-0.2, 0) is 14.4 Å². The first-order valence-electron chi connectivity index (χ1n) is 7.28. The van der Waals surface area contributed by atoms with E-state index in [1.807, 2.05) is 6.92 Å². The van der Waals surface area contributed by atoms with Gasteiger partial charge in [-0.05, 0) is 26.7 Å². The maximum absolute atomic E-state index is 11.3. The Morgan fingerprint density at radius 1 is 1.19 bits per heavy atom. The molecule has 6 nitrogen and oxygen atoms in total. The number of carbonyl (C=O) groups excluding carboxylic acids is 2. The predicted molar refractivity (Wildman–Crippen MR) is 82.1 cm³/mol. The van der Waals surface area contributed by atoms with E-state index in [1.165, 1.54) is 12.8 Å². The average Bonchev–Trinajstić information content (AvgIpc) is 2.45. The third kappa shape index (κ3) is 11.7. The summed E-state index contributed by atoms with van der Waals surface area (Å²) in [6, 6.07) is 0. The topological polar surface area (TPSA) is 77.0 Å². The van der Waals surface area contributed by atoms with Gasteiger partial charge < -0.3 is 10.1 Å². The molecule has 0 aromatic heterocycles. The smallest absolute Gasteiger partial charge is 0.433 e. The second-order valence-corrected chi connectivity index (χ2v) is 4.86. The zero-order valence-electron chi connectivity index (χ0n) is 13.2. The molecule has 0 saturated heterocycles. The highest BCUT2D eigenvalue weighted by Crippen LogP contribution is 2.03. The van der Waals surface area contributed by atoms with Crippen LogP contribution in [0.25, 0.3) is 0 Å². The van der Waals surface area contributed by atoms with Gasteiger partial charge >= 0.3 is 12.1 Å². The van der Waals surface area contributed by atoms with Crippen LogP contribution in [0.4, 0.5) is 4.79 Å². The van der Waals surface area contributed by atoms with Gasteiger partial charge in [0.25, 0.3) is 0 Å². The number of hydrogen-bond acceptors (Lipinski definition) is 5. The molecular weight excluding hydrogens is 272 g/mol. The fourth-order valence-corrected chi connectivity index (χ4v) is 1.42. The normalized spacial score (nSPS) is 10.9. The predicted octanol–water partition coefficient (Wildman–Crippen LogP) is 3.18. The lowest BCUT2D eigenvalue weighted by atomic mass is 10.1. The van der Waals surface area contributed by atoms with Crippen LogP contribution in [0.2, 0.25) is 0 Å². The van der Waals surface area contributed by atoms with Crippen LogP contribution in [0.1, 0.15) is 52.9 Å². The minimum Gasteiger partial charge on any atom is -0.460 e. The molecule has 0 aliphatic carbocycles. The Bertz CT molecular complexity index is 378. The molecule has 0 fully saturated rings. The average molecular weight is 298 g/mol. The Morgan fingerprint density at radius 3 is 2.52 bits per heavy atom. The standard InChI is InChI=1S/C15H26N2O4/c1-5-6-7-8-9-13(4)17-21-15(19)16-10-11-20-14(18)12(2)3/h2,5-11H2,1,3-4H3,(H,16,19)/b17-13+. The van der Waals surface area contributed by atoms with E-state index in [2.05, 4.69) is 24.0 Å². The molecule has 0 unspecified atom stereocenters. The monoisotopic (exact) mass is 298 g/mol. The van der Waals surface area contributed by atoms with Crippen molar-refractivity contribution in [2.75, 3.05) is 13.2 Å². The van der Waals surface area contributed by atoms with Gasteiger partial charge in [-0.15, -0.1) is 0 Å². The SMILES string of the molecule is C=C(C)C(=O)OCCNC(=O)O/N=C(\C)CCCCCC. The Morgan fingerprint density at radius 2 is 1.90 bits per heavy atom. The van der Waals surface area contributed by atoms with Crippen LogP contribution in [0.15, 0.2) is 17.3 Å². The van der Waals surface area contributed by atoms with Crippen molar-refractivity contribution in [1.82, 2.24) is 5.32 Å². The van der Waals surface area contributed by atoms with E-state index < -0.39 is 12.1 Å². The van der Waals surface area contributed by atoms with Crippen LogP contribution >= 0.6 is 0 Å². The minimum absolute atomic E-state index is 0.0699. The summed E-state index contributed by atoms with van der Waals surface area (Å²) in [6.07, 6.45) is 4.76. The van der Waals surface area contributed by atoms with Crippen LogP contribution in [0.3, 0.4) is 0 Å². The molecule has 21 heavy (non-hydrogen) atoms. The molecule has 0 aliphatic heterocycles. The summed E-state index contributed by atoms with van der Waals surface area (Å²) in [5, 5.41) is 6.18. The number of nitrogens with zero attached hydrogens (tertiary/aromatic N) is 1. The van der Waals surface area contributed by atoms with Crippen molar-refractivity contribution in [2.45, 2.75) is 52.9 Å². The van der Waals surface area contributed by atoms with Crippen LogP contribution in [-0.4, -0.2) is 30.9 Å². The van der Waals surface area contributed by atoms with E-state index in [9.17, 15) is 9.59 Å². The fourth-order valence-electron chi connectivity index (χ4n) is 1.42. The second kappa shape index (κ2) is 11.9. The lowest BCUT2D eigenvalue weighted by Gasteiger charge is -2.05. The number of rotatable bonds is 10. The van der Waals surface area contributed by atoms with Crippen LogP contribution in [0.5, 0.6) is 0 Å². The van der Waals surface area contributed by atoms with E-state index >= 15 is 0 Å². The summed E-state index contributed by atoms with van der Waals surface area (Å²) < 4.78 is 4.81. The highest BCUT2D eigenvalue weighted by Gasteiger charge is 2.04. The molecule has 0 aromatic carbocycles. The molecule has 0 bridgehead atoms. The number of nitrogens with one attached hydrogen (secondary N) is 1. The maximum Gasteiger partial charge on any atom is 0.433 e. The number of oxime groups is 1. The third-order valence-corrected chi connectivity index (χ3v) is 2.63. The quantitative estimate of drug-likeness (QED) is 0.168. The summed E-state index contributed by atoms with van der Waals surface area (Å²) in [5.41, 5.74) is 1.11. The van der Waals surface area contributed by atoms with Gasteiger partial charge in [-0.3, -0.25) is 4.84 Å². The lowest BCUT2D eigenvalue weighted by Crippen LogP contribution is -2.27. The van der Waals surface area contributed by atoms with Crippen molar-refractivity contribution < 1.29 is 19.2 Å². The summed E-state index contributed by atoms with van der Waals surface area (Å²) in [6.45, 7) is 9.23. The first kappa shape index (κ1) is 19.1. The van der Waals surface area contributed by atoms with Gasteiger partial charge in [-0.25, -0.2) is 9.59 Å². The van der Waals surface area contributed by atoms with Crippen LogP contribution < -0.4 is 5.32 Å². The van der Waals surface area contributed by atoms with Crippen molar-refractivity contribution >= 4 is 17.8 Å². The van der Waals surface area contributed by atoms with Gasteiger partial charge in [-0.2, -0.15) is 0 Å². The van der Waals surface area contributed by atoms with Gasteiger partial charge in [-0.1, -0.05) is 37.9 Å². The van der Waals surface area contributed by atoms with Crippen molar-refractivity contribution in [1.29, 1.82) is 0 Å². The van der Waals surface area contributed by atoms with E-state index in [-0.39, 0.29) is 13.2 Å². The number of ether oxygens (including phenoxy) is 1. The van der Waals surface area contributed by atoms with Crippen molar-refractivity contribution in [2.24, 2.45) is 5.16 Å². The van der Waals surface area contributed by atoms with Crippen molar-refractivity contribution in [3.05, 3.63) is 12.2 Å². The second-order valence-electron chi connectivity index (χ2n) is 4.86. The molecule has 0 aliphatic rings. The molecule has 0 aromatic rings. The molecule has 1 N–H and O–H groups in total. The molecule has 6 heteroatoms. The fraction of sp³-hybridized carbons (Fsp3) is 0.667. The lowest BCUT2D eigenvalue weighted by molar-refractivity contribution is -0.138. The Balaban J connectivity index is 3.69. The van der Waals surface area contributed by atoms with Gasteiger partial charge in [0.05, 0.1) is 12.3 Å². The van der Waals surface area contributed by atoms with E-state index in [4.69, 9.17) is 9.57 Å². The van der Waals surface area contributed by atoms with Gasteiger partial charge in [0.2, 0.25) is 0 Å². The molecular formula is C15H26N2O4. The Kier molecular flexibility index (Phi) is 10.9. The first-order valence-corrected chi connectivity index (χ1v) is 7.28. The van der Waals surface area contributed by atoms with Gasteiger partial charge in [0, 0.05) is 5.57 Å². The number of esters is 1.